The predicted molar refractivity (Wildman–Crippen MR) is 127 cm³/mol. The lowest BCUT2D eigenvalue weighted by Crippen LogP contribution is -2.47. The first-order valence-corrected chi connectivity index (χ1v) is 12.4. The number of hydrogen-bond acceptors (Lipinski definition) is 5. The highest BCUT2D eigenvalue weighted by Crippen LogP contribution is 2.27. The van der Waals surface area contributed by atoms with Crippen molar-refractivity contribution in [1.82, 2.24) is 19.5 Å². The van der Waals surface area contributed by atoms with E-state index in [1.165, 1.54) is 10.4 Å². The second-order valence-corrected chi connectivity index (χ2v) is 10.4. The zero-order chi connectivity index (χ0) is 23.3. The highest BCUT2D eigenvalue weighted by Gasteiger charge is 2.31. The number of amides is 2. The number of anilines is 1. The van der Waals surface area contributed by atoms with Gasteiger partial charge in [-0.1, -0.05) is 23.7 Å². The maximum atomic E-state index is 12.9. The Bertz CT molecular complexity index is 1040. The van der Waals surface area contributed by atoms with E-state index in [1.54, 1.807) is 25.2 Å². The molecule has 10 heteroatoms. The molecule has 1 aromatic heterocycles. The Morgan fingerprint density at radius 2 is 1.81 bits per heavy atom. The Kier molecular flexibility index (Phi) is 8.10. The van der Waals surface area contributed by atoms with Gasteiger partial charge in [0, 0.05) is 43.3 Å². The van der Waals surface area contributed by atoms with Crippen molar-refractivity contribution < 1.29 is 13.2 Å². The van der Waals surface area contributed by atoms with Gasteiger partial charge in [-0.2, -0.15) is 4.31 Å². The van der Waals surface area contributed by atoms with Gasteiger partial charge >= 0.3 is 6.03 Å². The van der Waals surface area contributed by atoms with Gasteiger partial charge in [-0.3, -0.25) is 4.98 Å². The molecular formula is C22H30ClN5O3S. The van der Waals surface area contributed by atoms with Crippen LogP contribution in [0.1, 0.15) is 24.2 Å². The van der Waals surface area contributed by atoms with Crippen molar-refractivity contribution in [1.29, 1.82) is 0 Å². The summed E-state index contributed by atoms with van der Waals surface area (Å²) < 4.78 is 27.3. The molecule has 2 heterocycles. The van der Waals surface area contributed by atoms with E-state index in [2.05, 4.69) is 20.5 Å². The van der Waals surface area contributed by atoms with Crippen LogP contribution in [0, 0.1) is 13.8 Å². The highest BCUT2D eigenvalue weighted by molar-refractivity contribution is 7.89. The molecule has 2 N–H and O–H groups in total. The van der Waals surface area contributed by atoms with Crippen LogP contribution in [0.2, 0.25) is 5.02 Å². The minimum atomic E-state index is -3.64. The van der Waals surface area contributed by atoms with E-state index in [-0.39, 0.29) is 22.0 Å². The van der Waals surface area contributed by atoms with Crippen LogP contribution in [0.15, 0.2) is 41.3 Å². The first kappa shape index (κ1) is 24.4. The van der Waals surface area contributed by atoms with Crippen LogP contribution in [0.3, 0.4) is 0 Å². The quantitative estimate of drug-likeness (QED) is 0.635. The summed E-state index contributed by atoms with van der Waals surface area (Å²) in [6.45, 7) is 6.51. The summed E-state index contributed by atoms with van der Waals surface area (Å²) in [5, 5.41) is 5.93. The number of piperidine rings is 1. The van der Waals surface area contributed by atoms with Gasteiger partial charge in [0.2, 0.25) is 10.0 Å². The molecule has 32 heavy (non-hydrogen) atoms. The Morgan fingerprint density at radius 1 is 1.19 bits per heavy atom. The summed E-state index contributed by atoms with van der Waals surface area (Å²) in [6.07, 6.45) is 1.45. The molecule has 8 nitrogen and oxygen atoms in total. The van der Waals surface area contributed by atoms with Crippen molar-refractivity contribution in [3.8, 4) is 0 Å². The molecule has 174 valence electrons. The second kappa shape index (κ2) is 10.6. The number of carbonyl (C=O) groups is 1. The number of sulfonamides is 1. The van der Waals surface area contributed by atoms with Crippen molar-refractivity contribution in [3.05, 3.63) is 52.8 Å². The van der Waals surface area contributed by atoms with E-state index in [0.29, 0.717) is 13.1 Å². The molecule has 0 radical (unpaired) electrons. The SMILES string of the molecule is Cc1cc(NC(=O)NCCN2CCC(N(C)S(=O)(=O)c3ccccc3Cl)CC2)cc(C)n1. The summed E-state index contributed by atoms with van der Waals surface area (Å²) in [5.41, 5.74) is 2.42. The van der Waals surface area contributed by atoms with Crippen LogP contribution >= 0.6 is 11.6 Å². The number of aromatic nitrogens is 1. The number of aryl methyl sites for hydroxylation is 2. The number of likely N-dealkylation sites (tertiary alicyclic amines) is 1. The average Bonchev–Trinajstić information content (AvgIpc) is 2.73. The number of halogens is 1. The summed E-state index contributed by atoms with van der Waals surface area (Å²) in [7, 11) is -2.02. The predicted octanol–water partition coefficient (Wildman–Crippen LogP) is 3.26. The van der Waals surface area contributed by atoms with Crippen LogP contribution in [0.25, 0.3) is 0 Å². The fraction of sp³-hybridized carbons (Fsp3) is 0.455. The number of benzene rings is 1. The van der Waals surface area contributed by atoms with E-state index in [4.69, 9.17) is 11.6 Å². The molecule has 1 saturated heterocycles. The van der Waals surface area contributed by atoms with Crippen molar-refractivity contribution in [2.24, 2.45) is 0 Å². The van der Waals surface area contributed by atoms with Crippen LogP contribution in [-0.4, -0.2) is 67.9 Å². The Labute approximate surface area is 195 Å². The third-order valence-corrected chi connectivity index (χ3v) is 8.03. The molecule has 3 rings (SSSR count). The van der Waals surface area contributed by atoms with Crippen molar-refractivity contribution in [3.63, 3.8) is 0 Å². The molecule has 0 spiro atoms. The van der Waals surface area contributed by atoms with Gasteiger partial charge in [-0.25, -0.2) is 13.2 Å². The van der Waals surface area contributed by atoms with Crippen LogP contribution in [0.5, 0.6) is 0 Å². The average molecular weight is 480 g/mol. The molecule has 0 saturated carbocycles. The van der Waals surface area contributed by atoms with Gasteiger partial charge in [-0.15, -0.1) is 0 Å². The molecule has 2 aromatic rings. The zero-order valence-corrected chi connectivity index (χ0v) is 20.2. The second-order valence-electron chi connectivity index (χ2n) is 8.04. The normalized spacial score (nSPS) is 15.7. The summed E-state index contributed by atoms with van der Waals surface area (Å²) in [4.78, 5) is 18.8. The standard InChI is InChI=1S/C22H30ClN5O3S/c1-16-14-18(15-17(2)25-16)26-22(29)24-10-13-28-11-8-19(9-12-28)27(3)32(30,31)21-7-5-4-6-20(21)23/h4-7,14-15,19H,8-13H2,1-3H3,(H2,24,25,26,29). The van der Waals surface area contributed by atoms with Gasteiger partial charge in [0.1, 0.15) is 4.90 Å². The fourth-order valence-corrected chi connectivity index (χ4v) is 5.83. The first-order chi connectivity index (χ1) is 15.2. The minimum Gasteiger partial charge on any atom is -0.337 e. The van der Waals surface area contributed by atoms with Gasteiger partial charge in [0.25, 0.3) is 0 Å². The highest BCUT2D eigenvalue weighted by atomic mass is 35.5. The molecule has 0 bridgehead atoms. The lowest BCUT2D eigenvalue weighted by atomic mass is 10.1. The number of rotatable bonds is 7. The van der Waals surface area contributed by atoms with Gasteiger partial charge in [-0.05, 0) is 64.0 Å². The molecule has 0 atom stereocenters. The maximum Gasteiger partial charge on any atom is 0.319 e. The zero-order valence-electron chi connectivity index (χ0n) is 18.6. The number of carbonyl (C=O) groups excluding carboxylic acids is 1. The molecule has 1 aliphatic heterocycles. The van der Waals surface area contributed by atoms with Crippen molar-refractivity contribution >= 4 is 33.3 Å². The topological polar surface area (TPSA) is 94.6 Å². The molecule has 0 aliphatic carbocycles. The lowest BCUT2D eigenvalue weighted by molar-refractivity contribution is 0.170. The number of nitrogens with one attached hydrogen (secondary N) is 2. The monoisotopic (exact) mass is 479 g/mol. The first-order valence-electron chi connectivity index (χ1n) is 10.6. The van der Waals surface area contributed by atoms with E-state index >= 15 is 0 Å². The fourth-order valence-electron chi connectivity index (χ4n) is 3.92. The summed E-state index contributed by atoms with van der Waals surface area (Å²) >= 11 is 6.11. The van der Waals surface area contributed by atoms with E-state index in [0.717, 1.165) is 43.0 Å². The number of hydrogen-bond donors (Lipinski definition) is 2. The minimum absolute atomic E-state index is 0.0815. The number of pyridine rings is 1. The van der Waals surface area contributed by atoms with Gasteiger partial charge in [0.15, 0.2) is 0 Å². The van der Waals surface area contributed by atoms with Gasteiger partial charge in [0.05, 0.1) is 5.02 Å². The Balaban J connectivity index is 1.44. The van der Waals surface area contributed by atoms with Crippen LogP contribution in [0.4, 0.5) is 10.5 Å². The third kappa shape index (κ3) is 6.19. The Hall–Kier alpha value is -2.20. The van der Waals surface area contributed by atoms with Crippen molar-refractivity contribution in [2.75, 3.05) is 38.5 Å². The molecule has 2 amide bonds. The summed E-state index contributed by atoms with van der Waals surface area (Å²) in [6, 6.07) is 9.83. The lowest BCUT2D eigenvalue weighted by Gasteiger charge is -2.36. The summed E-state index contributed by atoms with van der Waals surface area (Å²) in [5.74, 6) is 0. The van der Waals surface area contributed by atoms with Crippen LogP contribution in [-0.2, 0) is 10.0 Å². The molecular weight excluding hydrogens is 450 g/mol. The third-order valence-electron chi connectivity index (χ3n) is 5.62. The maximum absolute atomic E-state index is 12.9. The van der Waals surface area contributed by atoms with E-state index in [1.807, 2.05) is 26.0 Å². The van der Waals surface area contributed by atoms with E-state index < -0.39 is 10.0 Å². The largest absolute Gasteiger partial charge is 0.337 e. The number of nitrogens with zero attached hydrogens (tertiary/aromatic N) is 3. The molecule has 1 aliphatic rings. The smallest absolute Gasteiger partial charge is 0.319 e. The van der Waals surface area contributed by atoms with Gasteiger partial charge < -0.3 is 15.5 Å². The van der Waals surface area contributed by atoms with E-state index in [9.17, 15) is 13.2 Å². The van der Waals surface area contributed by atoms with Crippen LogP contribution < -0.4 is 10.6 Å². The number of urea groups is 1. The Morgan fingerprint density at radius 3 is 2.44 bits per heavy atom. The van der Waals surface area contributed by atoms with Crippen molar-refractivity contribution in [2.45, 2.75) is 37.6 Å². The molecule has 0 unspecified atom stereocenters. The molecule has 1 aromatic carbocycles. The molecule has 1 fully saturated rings.